The van der Waals surface area contributed by atoms with E-state index >= 15 is 0 Å². The average molecular weight is 440 g/mol. The van der Waals surface area contributed by atoms with Crippen molar-refractivity contribution >= 4 is 28.9 Å². The van der Waals surface area contributed by atoms with Crippen LogP contribution in [-0.4, -0.2) is 50.9 Å². The molecule has 162 valence electrons. The number of hydrogen-bond acceptors (Lipinski definition) is 6. The van der Waals surface area contributed by atoms with Crippen LogP contribution in [0.5, 0.6) is 0 Å². The van der Waals surface area contributed by atoms with E-state index in [0.29, 0.717) is 4.88 Å². The van der Waals surface area contributed by atoms with E-state index in [0.717, 1.165) is 11.3 Å². The summed E-state index contributed by atoms with van der Waals surface area (Å²) in [6, 6.07) is 11.2. The number of thiophene rings is 1. The van der Waals surface area contributed by atoms with Crippen molar-refractivity contribution in [3.05, 3.63) is 64.9 Å². The summed E-state index contributed by atoms with van der Waals surface area (Å²) in [5.74, 6) is -0.329. The zero-order valence-electron chi connectivity index (χ0n) is 17.5. The number of aromatic nitrogens is 3. The number of benzene rings is 1. The summed E-state index contributed by atoms with van der Waals surface area (Å²) in [6.07, 6.45) is 3.59. The Morgan fingerprint density at radius 1 is 1.13 bits per heavy atom. The van der Waals surface area contributed by atoms with Gasteiger partial charge in [-0.3, -0.25) is 14.4 Å². The van der Waals surface area contributed by atoms with E-state index in [1.807, 2.05) is 42.6 Å². The molecule has 2 amide bonds. The van der Waals surface area contributed by atoms with Crippen LogP contribution in [0.25, 0.3) is 5.69 Å². The Morgan fingerprint density at radius 2 is 1.90 bits per heavy atom. The van der Waals surface area contributed by atoms with Crippen molar-refractivity contribution in [2.24, 2.45) is 0 Å². The first-order valence-electron chi connectivity index (χ1n) is 9.99. The van der Waals surface area contributed by atoms with Gasteiger partial charge in [-0.2, -0.15) is 5.10 Å². The molecule has 2 heterocycles. The maximum absolute atomic E-state index is 12.5. The van der Waals surface area contributed by atoms with Crippen LogP contribution in [0.3, 0.4) is 0 Å². The van der Waals surface area contributed by atoms with Gasteiger partial charge in [0.1, 0.15) is 12.7 Å². The molecule has 0 spiro atoms. The van der Waals surface area contributed by atoms with Crippen molar-refractivity contribution in [3.8, 4) is 5.69 Å². The molecule has 0 aliphatic heterocycles. The van der Waals surface area contributed by atoms with Gasteiger partial charge in [0.15, 0.2) is 5.78 Å². The van der Waals surface area contributed by atoms with E-state index in [1.165, 1.54) is 17.7 Å². The van der Waals surface area contributed by atoms with Crippen LogP contribution in [0, 0.1) is 0 Å². The van der Waals surface area contributed by atoms with Crippen LogP contribution >= 0.6 is 11.3 Å². The van der Waals surface area contributed by atoms with E-state index in [2.05, 4.69) is 15.4 Å². The Kier molecular flexibility index (Phi) is 7.66. The molecule has 0 bridgehead atoms. The first kappa shape index (κ1) is 22.4. The van der Waals surface area contributed by atoms with E-state index in [1.54, 1.807) is 29.0 Å². The van der Waals surface area contributed by atoms with Gasteiger partial charge in [0.05, 0.1) is 16.6 Å². The lowest BCUT2D eigenvalue weighted by Crippen LogP contribution is -2.33. The number of nitrogens with zero attached hydrogens (tertiary/aromatic N) is 4. The van der Waals surface area contributed by atoms with E-state index in [-0.39, 0.29) is 49.4 Å². The summed E-state index contributed by atoms with van der Waals surface area (Å²) in [5.41, 5.74) is 1.89. The number of hydrogen-bond donors (Lipinski definition) is 1. The highest BCUT2D eigenvalue weighted by molar-refractivity contribution is 7.12. The van der Waals surface area contributed by atoms with E-state index in [9.17, 15) is 14.4 Å². The smallest absolute Gasteiger partial charge is 0.224 e. The first-order valence-corrected chi connectivity index (χ1v) is 10.9. The third-order valence-electron chi connectivity index (χ3n) is 5.07. The Bertz CT molecular complexity index is 1000. The molecule has 8 nitrogen and oxygen atoms in total. The Labute approximate surface area is 184 Å². The third kappa shape index (κ3) is 6.08. The molecule has 0 saturated carbocycles. The van der Waals surface area contributed by atoms with Crippen LogP contribution < -0.4 is 5.32 Å². The maximum atomic E-state index is 12.5. The van der Waals surface area contributed by atoms with Gasteiger partial charge in [0.25, 0.3) is 0 Å². The van der Waals surface area contributed by atoms with Gasteiger partial charge in [-0.1, -0.05) is 18.2 Å². The van der Waals surface area contributed by atoms with Crippen molar-refractivity contribution in [2.45, 2.75) is 32.2 Å². The molecule has 1 N–H and O–H groups in total. The molecule has 1 atom stereocenters. The Morgan fingerprint density at radius 3 is 2.55 bits per heavy atom. The lowest BCUT2D eigenvalue weighted by atomic mass is 10.1. The summed E-state index contributed by atoms with van der Waals surface area (Å²) in [6.45, 7) is 2.20. The fraction of sp³-hybridized carbons (Fsp3) is 0.318. The lowest BCUT2D eigenvalue weighted by Gasteiger charge is -2.25. The molecule has 0 aliphatic carbocycles. The summed E-state index contributed by atoms with van der Waals surface area (Å²) in [7, 11) is 1.75. The number of amides is 2. The second-order valence-corrected chi connectivity index (χ2v) is 8.06. The summed E-state index contributed by atoms with van der Waals surface area (Å²) < 4.78 is 1.67. The van der Waals surface area contributed by atoms with Gasteiger partial charge in [-0.05, 0) is 36.1 Å². The number of rotatable bonds is 10. The summed E-state index contributed by atoms with van der Waals surface area (Å²) >= 11 is 1.37. The Hall–Kier alpha value is -3.33. The van der Waals surface area contributed by atoms with Crippen molar-refractivity contribution in [3.63, 3.8) is 0 Å². The molecular formula is C22H25N5O3S. The number of ketones is 1. The second-order valence-electron chi connectivity index (χ2n) is 7.11. The highest BCUT2D eigenvalue weighted by atomic mass is 32.1. The first-order chi connectivity index (χ1) is 15.0. The van der Waals surface area contributed by atoms with Gasteiger partial charge in [0.2, 0.25) is 11.8 Å². The van der Waals surface area contributed by atoms with Crippen LogP contribution in [0.2, 0.25) is 0 Å². The molecule has 31 heavy (non-hydrogen) atoms. The molecule has 0 fully saturated rings. The van der Waals surface area contributed by atoms with Crippen LogP contribution in [0.15, 0.2) is 54.4 Å². The monoisotopic (exact) mass is 439 g/mol. The molecule has 9 heteroatoms. The number of Topliss-reactive ketones (excluding diaryl/α,β-unsaturated/α-hetero) is 1. The zero-order chi connectivity index (χ0) is 22.2. The zero-order valence-corrected chi connectivity index (χ0v) is 18.3. The topological polar surface area (TPSA) is 97.2 Å². The molecule has 1 aromatic carbocycles. The van der Waals surface area contributed by atoms with Crippen molar-refractivity contribution < 1.29 is 14.4 Å². The van der Waals surface area contributed by atoms with Gasteiger partial charge in [-0.25, -0.2) is 9.67 Å². The normalized spacial score (nSPS) is 11.7. The fourth-order valence-electron chi connectivity index (χ4n) is 3.05. The largest absolute Gasteiger partial charge is 0.356 e. The molecule has 3 rings (SSSR count). The number of carbonyl (C=O) groups is 3. The minimum absolute atomic E-state index is 0.0374. The molecule has 0 saturated heterocycles. The number of carbonyl (C=O) groups excluding carboxylic acids is 3. The van der Waals surface area contributed by atoms with Crippen LogP contribution in [0.1, 0.15) is 47.5 Å². The minimum atomic E-state index is -0.225. The summed E-state index contributed by atoms with van der Waals surface area (Å²) in [4.78, 5) is 42.7. The predicted octanol–water partition coefficient (Wildman–Crippen LogP) is 3.02. The molecule has 1 unspecified atom stereocenters. The SMILES string of the molecule is CC(c1ccc(-n2cncn2)cc1)N(C)C(=O)CCNC(=O)CCC(=O)c1cccs1. The third-order valence-corrected chi connectivity index (χ3v) is 5.98. The Balaban J connectivity index is 1.41. The average Bonchev–Trinajstić information content (AvgIpc) is 3.51. The van der Waals surface area contributed by atoms with Gasteiger partial charge in [0, 0.05) is 32.9 Å². The van der Waals surface area contributed by atoms with E-state index < -0.39 is 0 Å². The molecule has 0 radical (unpaired) electrons. The van der Waals surface area contributed by atoms with Crippen LogP contribution in [-0.2, 0) is 9.59 Å². The van der Waals surface area contributed by atoms with Gasteiger partial charge in [-0.15, -0.1) is 11.3 Å². The van der Waals surface area contributed by atoms with Crippen molar-refractivity contribution in [2.75, 3.05) is 13.6 Å². The number of nitrogens with one attached hydrogen (secondary N) is 1. The predicted molar refractivity (Wildman–Crippen MR) is 118 cm³/mol. The quantitative estimate of drug-likeness (QED) is 0.490. The van der Waals surface area contributed by atoms with E-state index in [4.69, 9.17) is 0 Å². The minimum Gasteiger partial charge on any atom is -0.356 e. The highest BCUT2D eigenvalue weighted by Gasteiger charge is 2.18. The molecule has 2 aromatic heterocycles. The molecular weight excluding hydrogens is 414 g/mol. The van der Waals surface area contributed by atoms with Crippen molar-refractivity contribution in [1.29, 1.82) is 0 Å². The fourth-order valence-corrected chi connectivity index (χ4v) is 3.74. The summed E-state index contributed by atoms with van der Waals surface area (Å²) in [5, 5.41) is 8.65. The molecule has 3 aromatic rings. The van der Waals surface area contributed by atoms with Gasteiger partial charge < -0.3 is 10.2 Å². The standard InChI is InChI=1S/C22H25N5O3S/c1-16(17-5-7-18(8-6-17)27-15-23-14-25-27)26(2)22(30)11-12-24-21(29)10-9-19(28)20-4-3-13-31-20/h3-8,13-16H,9-12H2,1-2H3,(H,24,29). The maximum Gasteiger partial charge on any atom is 0.224 e. The second kappa shape index (κ2) is 10.6. The van der Waals surface area contributed by atoms with Crippen LogP contribution in [0.4, 0.5) is 0 Å². The molecule has 0 aliphatic rings. The highest BCUT2D eigenvalue weighted by Crippen LogP contribution is 2.20. The van der Waals surface area contributed by atoms with Gasteiger partial charge >= 0.3 is 0 Å². The lowest BCUT2D eigenvalue weighted by molar-refractivity contribution is -0.131. The van der Waals surface area contributed by atoms with Crippen molar-refractivity contribution in [1.82, 2.24) is 25.0 Å².